The van der Waals surface area contributed by atoms with Gasteiger partial charge in [-0.15, -0.1) is 0 Å². The van der Waals surface area contributed by atoms with Crippen molar-refractivity contribution in [3.05, 3.63) is 61.6 Å². The van der Waals surface area contributed by atoms with Gasteiger partial charge in [-0.3, -0.25) is 14.9 Å². The molecule has 1 saturated heterocycles. The zero-order valence-electron chi connectivity index (χ0n) is 14.5. The Hall–Kier alpha value is -2.73. The molecule has 2 aromatic rings. The van der Waals surface area contributed by atoms with Gasteiger partial charge in [0.2, 0.25) is 0 Å². The first-order valence-corrected chi connectivity index (χ1v) is 9.94. The zero-order chi connectivity index (χ0) is 21.1. The summed E-state index contributed by atoms with van der Waals surface area (Å²) in [6, 6.07) is 10.4. The van der Waals surface area contributed by atoms with Crippen LogP contribution < -0.4 is 15.0 Å². The Bertz CT molecular complexity index is 1050. The fraction of sp³-hybridized carbons (Fsp3) is 0.0526. The summed E-state index contributed by atoms with van der Waals surface area (Å²) < 4.78 is 6.53. The van der Waals surface area contributed by atoms with E-state index in [-0.39, 0.29) is 5.57 Å². The van der Waals surface area contributed by atoms with Gasteiger partial charge in [-0.25, -0.2) is 14.5 Å². The van der Waals surface area contributed by atoms with Gasteiger partial charge in [-0.05, 0) is 70.6 Å². The van der Waals surface area contributed by atoms with Crippen LogP contribution in [0, 0.1) is 3.57 Å². The normalized spacial score (nSPS) is 15.4. The van der Waals surface area contributed by atoms with Crippen LogP contribution in [0.5, 0.6) is 5.75 Å². The van der Waals surface area contributed by atoms with Crippen LogP contribution in [0.15, 0.2) is 52.5 Å². The second-order valence-electron chi connectivity index (χ2n) is 5.81. The third kappa shape index (κ3) is 4.82. The Labute approximate surface area is 186 Å². The summed E-state index contributed by atoms with van der Waals surface area (Å²) >= 11 is 5.24. The van der Waals surface area contributed by atoms with Crippen molar-refractivity contribution in [2.24, 2.45) is 0 Å². The summed E-state index contributed by atoms with van der Waals surface area (Å²) in [6.07, 6.45) is 1.36. The van der Waals surface area contributed by atoms with E-state index in [1.165, 1.54) is 6.08 Å². The highest BCUT2D eigenvalue weighted by Crippen LogP contribution is 2.26. The van der Waals surface area contributed by atoms with Crippen LogP contribution in [0.2, 0.25) is 0 Å². The lowest BCUT2D eigenvalue weighted by atomic mass is 10.1. The minimum Gasteiger partial charge on any atom is -0.481 e. The molecule has 148 valence electrons. The molecule has 0 atom stereocenters. The predicted molar refractivity (Wildman–Crippen MR) is 115 cm³/mol. The average Bonchev–Trinajstić information content (AvgIpc) is 2.65. The number of carboxylic acid groups (broad SMARTS) is 1. The smallest absolute Gasteiger partial charge is 0.341 e. The standard InChI is InChI=1S/C19H12BrIN2O6/c20-11-2-4-12(5-3-11)23-18(27)13(17(26)22-19(23)28)7-10-1-6-15(14(21)8-10)29-9-16(24)25/h1-8H,9H2,(H,24,25)(H,22,26,28)/b13-7+. The number of anilines is 1. The van der Waals surface area contributed by atoms with Crippen molar-refractivity contribution in [1.82, 2.24) is 5.32 Å². The second-order valence-corrected chi connectivity index (χ2v) is 7.88. The number of benzene rings is 2. The van der Waals surface area contributed by atoms with Crippen molar-refractivity contribution in [3.63, 3.8) is 0 Å². The molecule has 10 heteroatoms. The highest BCUT2D eigenvalue weighted by atomic mass is 127. The van der Waals surface area contributed by atoms with Crippen LogP contribution in [0.1, 0.15) is 5.56 Å². The number of carbonyl (C=O) groups is 4. The van der Waals surface area contributed by atoms with Gasteiger partial charge in [0.1, 0.15) is 11.3 Å². The maximum atomic E-state index is 12.8. The second kappa shape index (κ2) is 8.74. The number of barbiturate groups is 1. The molecule has 2 aromatic carbocycles. The van der Waals surface area contributed by atoms with Gasteiger partial charge in [-0.2, -0.15) is 0 Å². The zero-order valence-corrected chi connectivity index (χ0v) is 18.3. The van der Waals surface area contributed by atoms with Crippen LogP contribution in [0.3, 0.4) is 0 Å². The lowest BCUT2D eigenvalue weighted by Gasteiger charge is -2.26. The minimum atomic E-state index is -1.10. The summed E-state index contributed by atoms with van der Waals surface area (Å²) in [5.41, 5.74) is 0.629. The molecule has 3 rings (SSSR count). The Morgan fingerprint density at radius 2 is 1.86 bits per heavy atom. The molecule has 2 N–H and O–H groups in total. The lowest BCUT2D eigenvalue weighted by Crippen LogP contribution is -2.54. The van der Waals surface area contributed by atoms with Crippen molar-refractivity contribution in [2.75, 3.05) is 11.5 Å². The molecule has 8 nitrogen and oxygen atoms in total. The van der Waals surface area contributed by atoms with E-state index in [2.05, 4.69) is 21.2 Å². The number of urea groups is 1. The summed E-state index contributed by atoms with van der Waals surface area (Å²) in [7, 11) is 0. The number of rotatable bonds is 5. The average molecular weight is 571 g/mol. The first-order chi connectivity index (χ1) is 13.8. The topological polar surface area (TPSA) is 113 Å². The van der Waals surface area contributed by atoms with Gasteiger partial charge in [-0.1, -0.05) is 22.0 Å². The van der Waals surface area contributed by atoms with Crippen LogP contribution >= 0.6 is 38.5 Å². The highest BCUT2D eigenvalue weighted by molar-refractivity contribution is 14.1. The van der Waals surface area contributed by atoms with Crippen molar-refractivity contribution >= 4 is 74.1 Å². The molecule has 4 amide bonds. The molecule has 1 aliphatic rings. The maximum Gasteiger partial charge on any atom is 0.341 e. The quantitative estimate of drug-likeness (QED) is 0.324. The van der Waals surface area contributed by atoms with Crippen molar-refractivity contribution in [1.29, 1.82) is 0 Å². The predicted octanol–water partition coefficient (Wildman–Crippen LogP) is 3.18. The monoisotopic (exact) mass is 570 g/mol. The number of carbonyl (C=O) groups excluding carboxylic acids is 3. The SMILES string of the molecule is O=C(O)COc1ccc(/C=C2\C(=O)NC(=O)N(c3ccc(Br)cc3)C2=O)cc1I. The molecule has 0 saturated carbocycles. The van der Waals surface area contributed by atoms with E-state index < -0.39 is 30.4 Å². The van der Waals surface area contributed by atoms with E-state index in [0.29, 0.717) is 20.6 Å². The van der Waals surface area contributed by atoms with E-state index in [4.69, 9.17) is 9.84 Å². The third-order valence-corrected chi connectivity index (χ3v) is 5.18. The maximum absolute atomic E-state index is 12.8. The summed E-state index contributed by atoms with van der Waals surface area (Å²) in [4.78, 5) is 48.8. The summed E-state index contributed by atoms with van der Waals surface area (Å²) in [5, 5.41) is 10.9. The highest BCUT2D eigenvalue weighted by Gasteiger charge is 2.36. The number of amides is 4. The largest absolute Gasteiger partial charge is 0.481 e. The fourth-order valence-corrected chi connectivity index (χ4v) is 3.47. The molecule has 0 unspecified atom stereocenters. The molecule has 1 heterocycles. The van der Waals surface area contributed by atoms with Gasteiger partial charge in [0.15, 0.2) is 6.61 Å². The van der Waals surface area contributed by atoms with Gasteiger partial charge < -0.3 is 9.84 Å². The van der Waals surface area contributed by atoms with Crippen molar-refractivity contribution < 1.29 is 29.0 Å². The lowest BCUT2D eigenvalue weighted by molar-refractivity contribution is -0.139. The summed E-state index contributed by atoms with van der Waals surface area (Å²) in [6.45, 7) is -0.485. The molecule has 0 bridgehead atoms. The fourth-order valence-electron chi connectivity index (χ4n) is 2.51. The first-order valence-electron chi connectivity index (χ1n) is 8.07. The molecule has 0 radical (unpaired) electrons. The molecule has 1 aliphatic heterocycles. The summed E-state index contributed by atoms with van der Waals surface area (Å²) in [5.74, 6) is -2.28. The molecular weight excluding hydrogens is 559 g/mol. The van der Waals surface area contributed by atoms with Crippen LogP contribution in [-0.4, -0.2) is 35.5 Å². The number of ether oxygens (including phenoxy) is 1. The van der Waals surface area contributed by atoms with E-state index in [1.54, 1.807) is 42.5 Å². The van der Waals surface area contributed by atoms with Crippen LogP contribution in [0.25, 0.3) is 6.08 Å². The molecule has 1 fully saturated rings. The van der Waals surface area contributed by atoms with Crippen LogP contribution in [0.4, 0.5) is 10.5 Å². The van der Waals surface area contributed by atoms with Crippen molar-refractivity contribution in [2.45, 2.75) is 0 Å². The first kappa shape index (κ1) is 21.0. The minimum absolute atomic E-state index is 0.206. The Kier molecular flexibility index (Phi) is 6.33. The number of hydrogen-bond donors (Lipinski definition) is 2. The van der Waals surface area contributed by atoms with Gasteiger partial charge >= 0.3 is 12.0 Å². The number of nitrogens with zero attached hydrogens (tertiary/aromatic N) is 1. The van der Waals surface area contributed by atoms with Gasteiger partial charge in [0.05, 0.1) is 9.26 Å². The number of aliphatic carboxylic acids is 1. The number of hydrogen-bond acceptors (Lipinski definition) is 5. The molecule has 29 heavy (non-hydrogen) atoms. The van der Waals surface area contributed by atoms with E-state index in [0.717, 1.165) is 9.37 Å². The van der Waals surface area contributed by atoms with E-state index in [1.807, 2.05) is 22.6 Å². The van der Waals surface area contributed by atoms with E-state index >= 15 is 0 Å². The Morgan fingerprint density at radius 1 is 1.17 bits per heavy atom. The van der Waals surface area contributed by atoms with Gasteiger partial charge in [0.25, 0.3) is 11.8 Å². The Morgan fingerprint density at radius 3 is 2.48 bits per heavy atom. The van der Waals surface area contributed by atoms with Gasteiger partial charge in [0, 0.05) is 4.47 Å². The van der Waals surface area contributed by atoms with Crippen LogP contribution in [-0.2, 0) is 14.4 Å². The van der Waals surface area contributed by atoms with E-state index in [9.17, 15) is 19.2 Å². The Balaban J connectivity index is 1.91. The number of halogens is 2. The molecule has 0 spiro atoms. The number of imide groups is 2. The van der Waals surface area contributed by atoms with Crippen molar-refractivity contribution in [3.8, 4) is 5.75 Å². The molecule has 0 aromatic heterocycles. The number of carboxylic acids is 1. The molecular formula is C19H12BrIN2O6. The third-order valence-electron chi connectivity index (χ3n) is 3.80. The molecule has 0 aliphatic carbocycles. The number of nitrogens with one attached hydrogen (secondary N) is 1.